The van der Waals surface area contributed by atoms with Crippen molar-refractivity contribution in [3.63, 3.8) is 0 Å². The second-order valence-electron chi connectivity index (χ2n) is 6.42. The molecule has 0 saturated heterocycles. The molecule has 3 N–H and O–H groups in total. The molecular formula is C16H27N3O2. The van der Waals surface area contributed by atoms with Crippen LogP contribution in [0.4, 0.5) is 0 Å². The van der Waals surface area contributed by atoms with Crippen molar-refractivity contribution in [2.45, 2.75) is 59.0 Å². The molecule has 5 heteroatoms. The largest absolute Gasteiger partial charge is 0.464 e. The first-order chi connectivity index (χ1) is 10.0. The van der Waals surface area contributed by atoms with Crippen molar-refractivity contribution in [2.75, 3.05) is 6.54 Å². The predicted molar refractivity (Wildman–Crippen MR) is 82.6 cm³/mol. The third-order valence-corrected chi connectivity index (χ3v) is 4.14. The molecule has 2 rings (SSSR count). The average Bonchev–Trinajstić information content (AvgIpc) is 3.06. The molecular weight excluding hydrogens is 266 g/mol. The molecule has 1 aliphatic rings. The molecule has 1 fully saturated rings. The van der Waals surface area contributed by atoms with E-state index in [1.54, 1.807) is 6.92 Å². The van der Waals surface area contributed by atoms with Crippen LogP contribution in [-0.4, -0.2) is 23.4 Å². The number of hydrogen-bond acceptors (Lipinski definition) is 4. The van der Waals surface area contributed by atoms with Crippen molar-refractivity contribution in [3.8, 4) is 0 Å². The van der Waals surface area contributed by atoms with E-state index in [2.05, 4.69) is 24.2 Å². The summed E-state index contributed by atoms with van der Waals surface area (Å²) in [7, 11) is 0. The van der Waals surface area contributed by atoms with Gasteiger partial charge in [-0.1, -0.05) is 26.7 Å². The van der Waals surface area contributed by atoms with Gasteiger partial charge in [0.05, 0.1) is 12.1 Å². The lowest BCUT2D eigenvalue weighted by atomic mass is 10.1. The SMILES string of the molecule is Cc1oc(CN(CC(C)C)C2CCCC2)cc1C(=O)NN. The van der Waals surface area contributed by atoms with Crippen LogP contribution in [0.1, 0.15) is 61.4 Å². The maximum absolute atomic E-state index is 11.7. The fourth-order valence-corrected chi connectivity index (χ4v) is 3.21. The van der Waals surface area contributed by atoms with Gasteiger partial charge in [-0.05, 0) is 31.7 Å². The van der Waals surface area contributed by atoms with Crippen molar-refractivity contribution >= 4 is 5.91 Å². The summed E-state index contributed by atoms with van der Waals surface area (Å²) in [4.78, 5) is 14.2. The number of hydrogen-bond donors (Lipinski definition) is 2. The zero-order chi connectivity index (χ0) is 15.4. The van der Waals surface area contributed by atoms with E-state index in [9.17, 15) is 4.79 Å². The Balaban J connectivity index is 2.10. The number of nitrogen functional groups attached to an aromatic ring is 1. The molecule has 1 saturated carbocycles. The Labute approximate surface area is 126 Å². The lowest BCUT2D eigenvalue weighted by Gasteiger charge is -2.29. The van der Waals surface area contributed by atoms with Gasteiger partial charge in [-0.25, -0.2) is 5.84 Å². The number of nitrogens with zero attached hydrogens (tertiary/aromatic N) is 1. The fourth-order valence-electron chi connectivity index (χ4n) is 3.21. The molecule has 0 spiro atoms. The molecule has 21 heavy (non-hydrogen) atoms. The number of hydrazine groups is 1. The van der Waals surface area contributed by atoms with Crippen LogP contribution in [0.25, 0.3) is 0 Å². The molecule has 0 unspecified atom stereocenters. The minimum atomic E-state index is -0.293. The highest BCUT2D eigenvalue weighted by Crippen LogP contribution is 2.26. The van der Waals surface area contributed by atoms with E-state index < -0.39 is 0 Å². The molecule has 0 atom stereocenters. The molecule has 1 aromatic rings. The quantitative estimate of drug-likeness (QED) is 0.480. The number of nitrogens with one attached hydrogen (secondary N) is 1. The van der Waals surface area contributed by atoms with E-state index >= 15 is 0 Å². The molecule has 1 amide bonds. The first kappa shape index (κ1) is 16.0. The summed E-state index contributed by atoms with van der Waals surface area (Å²) in [6.07, 6.45) is 5.17. The number of nitrogens with two attached hydrogens (primary N) is 1. The van der Waals surface area contributed by atoms with Crippen LogP contribution in [0.15, 0.2) is 10.5 Å². The van der Waals surface area contributed by atoms with E-state index in [0.717, 1.165) is 18.8 Å². The number of carbonyl (C=O) groups is 1. The highest BCUT2D eigenvalue weighted by Gasteiger charge is 2.25. The zero-order valence-corrected chi connectivity index (χ0v) is 13.3. The smallest absolute Gasteiger partial charge is 0.268 e. The van der Waals surface area contributed by atoms with Crippen LogP contribution in [-0.2, 0) is 6.54 Å². The summed E-state index contributed by atoms with van der Waals surface area (Å²) >= 11 is 0. The van der Waals surface area contributed by atoms with Crippen LogP contribution < -0.4 is 11.3 Å². The summed E-state index contributed by atoms with van der Waals surface area (Å²) in [6, 6.07) is 2.46. The van der Waals surface area contributed by atoms with Crippen LogP contribution >= 0.6 is 0 Å². The Bertz CT molecular complexity index is 476. The average molecular weight is 293 g/mol. The second kappa shape index (κ2) is 7.09. The van der Waals surface area contributed by atoms with Gasteiger partial charge in [0, 0.05) is 12.6 Å². The molecule has 0 radical (unpaired) electrons. The number of carbonyl (C=O) groups excluding carboxylic acids is 1. The van der Waals surface area contributed by atoms with E-state index in [4.69, 9.17) is 10.3 Å². The Morgan fingerprint density at radius 2 is 2.14 bits per heavy atom. The Morgan fingerprint density at radius 3 is 2.71 bits per heavy atom. The molecule has 0 aliphatic heterocycles. The van der Waals surface area contributed by atoms with Gasteiger partial charge in [0.1, 0.15) is 11.5 Å². The van der Waals surface area contributed by atoms with Gasteiger partial charge in [-0.2, -0.15) is 0 Å². The standard InChI is InChI=1S/C16H27N3O2/c1-11(2)9-19(13-6-4-5-7-13)10-14-8-15(12(3)21-14)16(20)18-17/h8,11,13H,4-7,9-10,17H2,1-3H3,(H,18,20). The lowest BCUT2D eigenvalue weighted by molar-refractivity contribution is 0.0952. The zero-order valence-electron chi connectivity index (χ0n) is 13.3. The molecule has 1 aromatic heterocycles. The van der Waals surface area contributed by atoms with Crippen molar-refractivity contribution in [1.82, 2.24) is 10.3 Å². The van der Waals surface area contributed by atoms with Gasteiger partial charge in [0.2, 0.25) is 0 Å². The lowest BCUT2D eigenvalue weighted by Crippen LogP contribution is -2.35. The summed E-state index contributed by atoms with van der Waals surface area (Å²) in [5, 5.41) is 0. The normalized spacial score (nSPS) is 16.1. The highest BCUT2D eigenvalue weighted by atomic mass is 16.3. The predicted octanol–water partition coefficient (Wildman–Crippen LogP) is 2.59. The van der Waals surface area contributed by atoms with Gasteiger partial charge in [0.15, 0.2) is 0 Å². The molecule has 0 aromatic carbocycles. The number of furan rings is 1. The van der Waals surface area contributed by atoms with E-state index in [1.165, 1.54) is 25.7 Å². The van der Waals surface area contributed by atoms with Crippen molar-refractivity contribution in [2.24, 2.45) is 11.8 Å². The fraction of sp³-hybridized carbons (Fsp3) is 0.688. The number of amides is 1. The summed E-state index contributed by atoms with van der Waals surface area (Å²) in [5.41, 5.74) is 2.69. The topological polar surface area (TPSA) is 71.5 Å². The van der Waals surface area contributed by atoms with Crippen LogP contribution in [0.5, 0.6) is 0 Å². The maximum atomic E-state index is 11.7. The second-order valence-corrected chi connectivity index (χ2v) is 6.42. The minimum Gasteiger partial charge on any atom is -0.464 e. The van der Waals surface area contributed by atoms with Crippen molar-refractivity contribution < 1.29 is 9.21 Å². The van der Waals surface area contributed by atoms with E-state index in [-0.39, 0.29) is 5.91 Å². The third kappa shape index (κ3) is 4.08. The van der Waals surface area contributed by atoms with Crippen molar-refractivity contribution in [3.05, 3.63) is 23.2 Å². The van der Waals surface area contributed by atoms with Gasteiger partial charge in [-0.15, -0.1) is 0 Å². The van der Waals surface area contributed by atoms with Crippen molar-refractivity contribution in [1.29, 1.82) is 0 Å². The van der Waals surface area contributed by atoms with Gasteiger partial charge >= 0.3 is 0 Å². The van der Waals surface area contributed by atoms with E-state index in [1.807, 2.05) is 6.07 Å². The Hall–Kier alpha value is -1.33. The number of rotatable bonds is 6. The van der Waals surface area contributed by atoms with Gasteiger partial charge in [-0.3, -0.25) is 15.1 Å². The third-order valence-electron chi connectivity index (χ3n) is 4.14. The molecule has 1 aliphatic carbocycles. The summed E-state index contributed by atoms with van der Waals surface area (Å²) in [5.74, 6) is 7.00. The van der Waals surface area contributed by atoms with Gasteiger partial charge in [0.25, 0.3) is 5.91 Å². The van der Waals surface area contributed by atoms with Crippen LogP contribution in [0, 0.1) is 12.8 Å². The van der Waals surface area contributed by atoms with E-state index in [0.29, 0.717) is 23.3 Å². The molecule has 5 nitrogen and oxygen atoms in total. The Kier molecular flexibility index (Phi) is 5.42. The van der Waals surface area contributed by atoms with Crippen LogP contribution in [0.2, 0.25) is 0 Å². The molecule has 118 valence electrons. The number of aryl methyl sites for hydroxylation is 1. The minimum absolute atomic E-state index is 0.293. The first-order valence-corrected chi connectivity index (χ1v) is 7.85. The monoisotopic (exact) mass is 293 g/mol. The Morgan fingerprint density at radius 1 is 1.48 bits per heavy atom. The highest BCUT2D eigenvalue weighted by molar-refractivity contribution is 5.94. The first-order valence-electron chi connectivity index (χ1n) is 7.85. The molecule has 0 bridgehead atoms. The summed E-state index contributed by atoms with van der Waals surface area (Å²) in [6.45, 7) is 8.10. The maximum Gasteiger partial charge on any atom is 0.268 e. The van der Waals surface area contributed by atoms with Gasteiger partial charge < -0.3 is 4.42 Å². The summed E-state index contributed by atoms with van der Waals surface area (Å²) < 4.78 is 5.75. The molecule has 1 heterocycles. The van der Waals surface area contributed by atoms with Crippen LogP contribution in [0.3, 0.4) is 0 Å².